The first kappa shape index (κ1) is 11.7. The molecule has 0 spiro atoms. The summed E-state index contributed by atoms with van der Waals surface area (Å²) in [7, 11) is -1.61. The Morgan fingerprint density at radius 1 is 1.59 bits per heavy atom. The van der Waals surface area contributed by atoms with Gasteiger partial charge in [-0.25, -0.2) is 4.21 Å². The van der Waals surface area contributed by atoms with Crippen molar-refractivity contribution in [2.45, 2.75) is 24.8 Å². The van der Waals surface area contributed by atoms with Crippen LogP contribution < -0.4 is 0 Å². The molecule has 0 radical (unpaired) electrons. The largest absolute Gasteiger partial charge is 0.274 e. The minimum absolute atomic E-state index is 0.108. The molecule has 0 N–H and O–H groups in total. The normalized spacial score (nSPS) is 17.9. The van der Waals surface area contributed by atoms with Crippen molar-refractivity contribution in [3.05, 3.63) is 33.9 Å². The van der Waals surface area contributed by atoms with E-state index in [0.717, 1.165) is 0 Å². The number of benzene rings is 1. The van der Waals surface area contributed by atoms with E-state index in [1.54, 1.807) is 13.0 Å². The number of amides is 1. The van der Waals surface area contributed by atoms with Crippen molar-refractivity contribution in [1.29, 1.82) is 0 Å². The SMILES string of the molecule is CCC(=O)N1Cc2ccc([N+](=O)[O-])cc2S1=O. The van der Waals surface area contributed by atoms with E-state index in [2.05, 4.69) is 0 Å². The topological polar surface area (TPSA) is 80.5 Å². The number of fused-ring (bicyclic) bond motifs is 1. The Morgan fingerprint density at radius 3 is 2.88 bits per heavy atom. The quantitative estimate of drug-likeness (QED) is 0.589. The van der Waals surface area contributed by atoms with E-state index in [1.165, 1.54) is 16.4 Å². The van der Waals surface area contributed by atoms with Crippen molar-refractivity contribution >= 4 is 22.6 Å². The van der Waals surface area contributed by atoms with Gasteiger partial charge < -0.3 is 0 Å². The molecule has 1 aromatic carbocycles. The second-order valence-corrected chi connectivity index (χ2v) is 4.96. The fourth-order valence-corrected chi connectivity index (χ4v) is 3.03. The van der Waals surface area contributed by atoms with E-state index in [1.807, 2.05) is 0 Å². The van der Waals surface area contributed by atoms with E-state index in [0.29, 0.717) is 10.5 Å². The van der Waals surface area contributed by atoms with Crippen LogP contribution in [-0.2, 0) is 22.3 Å². The Hall–Kier alpha value is -1.76. The van der Waals surface area contributed by atoms with Crippen LogP contribution in [0.5, 0.6) is 0 Å². The predicted octanol–water partition coefficient (Wildman–Crippen LogP) is 1.37. The molecule has 1 amide bonds. The molecule has 0 saturated carbocycles. The van der Waals surface area contributed by atoms with Crippen molar-refractivity contribution in [3.8, 4) is 0 Å². The molecule has 7 heteroatoms. The Morgan fingerprint density at radius 2 is 2.29 bits per heavy atom. The van der Waals surface area contributed by atoms with Gasteiger partial charge in [-0.2, -0.15) is 0 Å². The summed E-state index contributed by atoms with van der Waals surface area (Å²) in [5, 5.41) is 10.6. The minimum Gasteiger partial charge on any atom is -0.274 e. The number of rotatable bonds is 2. The van der Waals surface area contributed by atoms with Crippen molar-refractivity contribution in [1.82, 2.24) is 4.31 Å². The summed E-state index contributed by atoms with van der Waals surface area (Å²) < 4.78 is 13.2. The molecule has 0 saturated heterocycles. The number of nitro groups is 1. The van der Waals surface area contributed by atoms with Gasteiger partial charge in [-0.15, -0.1) is 0 Å². The van der Waals surface area contributed by atoms with Gasteiger partial charge >= 0.3 is 0 Å². The maximum Gasteiger partial charge on any atom is 0.270 e. The lowest BCUT2D eigenvalue weighted by molar-refractivity contribution is -0.385. The van der Waals surface area contributed by atoms with Gasteiger partial charge in [-0.3, -0.25) is 19.2 Å². The van der Waals surface area contributed by atoms with Gasteiger partial charge in [0.25, 0.3) is 5.69 Å². The first-order valence-corrected chi connectivity index (χ1v) is 6.15. The highest BCUT2D eigenvalue weighted by molar-refractivity contribution is 7.83. The average Bonchev–Trinajstić information content (AvgIpc) is 2.65. The highest BCUT2D eigenvalue weighted by atomic mass is 32.2. The molecule has 1 aliphatic heterocycles. The summed E-state index contributed by atoms with van der Waals surface area (Å²) in [6, 6.07) is 4.18. The zero-order chi connectivity index (χ0) is 12.6. The number of non-ortho nitro benzene ring substituents is 1. The van der Waals surface area contributed by atoms with Gasteiger partial charge in [0.1, 0.15) is 0 Å². The van der Waals surface area contributed by atoms with Crippen molar-refractivity contribution < 1.29 is 13.9 Å². The van der Waals surface area contributed by atoms with Crippen molar-refractivity contribution in [2.75, 3.05) is 0 Å². The minimum atomic E-state index is -1.61. The van der Waals surface area contributed by atoms with Crippen LogP contribution in [0.25, 0.3) is 0 Å². The van der Waals surface area contributed by atoms with E-state index in [4.69, 9.17) is 0 Å². The van der Waals surface area contributed by atoms with Gasteiger partial charge in [0.05, 0.1) is 16.4 Å². The average molecular weight is 254 g/mol. The third-order valence-corrected chi connectivity index (χ3v) is 4.03. The second kappa shape index (κ2) is 4.25. The highest BCUT2D eigenvalue weighted by Gasteiger charge is 2.31. The molecule has 0 aliphatic carbocycles. The predicted molar refractivity (Wildman–Crippen MR) is 60.3 cm³/mol. The Kier molecular flexibility index (Phi) is 2.93. The molecule has 0 aromatic heterocycles. The van der Waals surface area contributed by atoms with E-state index < -0.39 is 15.9 Å². The third-order valence-electron chi connectivity index (χ3n) is 2.54. The van der Waals surface area contributed by atoms with Crippen LogP contribution in [0.3, 0.4) is 0 Å². The summed E-state index contributed by atoms with van der Waals surface area (Å²) in [5.74, 6) is -0.220. The van der Waals surface area contributed by atoms with Gasteiger partial charge in [-0.1, -0.05) is 6.92 Å². The smallest absolute Gasteiger partial charge is 0.270 e. The lowest BCUT2D eigenvalue weighted by Crippen LogP contribution is -2.26. The number of carbonyl (C=O) groups is 1. The first-order valence-electron chi connectivity index (χ1n) is 5.04. The molecule has 90 valence electrons. The zero-order valence-corrected chi connectivity index (χ0v) is 9.90. The summed E-state index contributed by atoms with van der Waals surface area (Å²) >= 11 is 0. The standard InChI is InChI=1S/C10H10N2O4S/c1-2-10(13)11-6-7-3-4-8(12(14)15)5-9(7)17(11)16/h3-5H,2,6H2,1H3. The highest BCUT2D eigenvalue weighted by Crippen LogP contribution is 2.30. The first-order chi connectivity index (χ1) is 8.04. The number of nitrogens with zero attached hydrogens (tertiary/aromatic N) is 2. The summed E-state index contributed by atoms with van der Waals surface area (Å²) in [5.41, 5.74) is 0.596. The molecule has 2 rings (SSSR count). The fraction of sp³-hybridized carbons (Fsp3) is 0.300. The lowest BCUT2D eigenvalue weighted by Gasteiger charge is -2.11. The molecule has 1 heterocycles. The zero-order valence-electron chi connectivity index (χ0n) is 9.08. The van der Waals surface area contributed by atoms with E-state index in [-0.39, 0.29) is 24.6 Å². The van der Waals surface area contributed by atoms with Gasteiger partial charge in [0.2, 0.25) is 5.91 Å². The molecule has 17 heavy (non-hydrogen) atoms. The molecular formula is C10H10N2O4S. The van der Waals surface area contributed by atoms with Gasteiger partial charge in [0.15, 0.2) is 11.0 Å². The maximum absolute atomic E-state index is 12.0. The number of carbonyl (C=O) groups excluding carboxylic acids is 1. The third kappa shape index (κ3) is 1.93. The van der Waals surface area contributed by atoms with E-state index in [9.17, 15) is 19.1 Å². The van der Waals surface area contributed by atoms with E-state index >= 15 is 0 Å². The van der Waals surface area contributed by atoms with Crippen molar-refractivity contribution in [2.24, 2.45) is 0 Å². The molecular weight excluding hydrogens is 244 g/mol. The number of nitro benzene ring substituents is 1. The summed E-state index contributed by atoms with van der Waals surface area (Å²) in [4.78, 5) is 21.9. The molecule has 0 fully saturated rings. The second-order valence-electron chi connectivity index (χ2n) is 3.58. The Bertz CT molecular complexity index is 529. The number of hydrogen-bond donors (Lipinski definition) is 0. The molecule has 1 unspecified atom stereocenters. The van der Waals surface area contributed by atoms with Crippen LogP contribution >= 0.6 is 0 Å². The van der Waals surface area contributed by atoms with Gasteiger partial charge in [0, 0.05) is 18.6 Å². The molecule has 1 aromatic rings. The molecule has 0 bridgehead atoms. The lowest BCUT2D eigenvalue weighted by atomic mass is 10.2. The Balaban J connectivity index is 2.39. The van der Waals surface area contributed by atoms with Crippen molar-refractivity contribution in [3.63, 3.8) is 0 Å². The fourth-order valence-electron chi connectivity index (χ4n) is 1.64. The summed E-state index contributed by atoms with van der Waals surface area (Å²) in [6.07, 6.45) is 0.266. The maximum atomic E-state index is 12.0. The Labute approximate surface area is 100.0 Å². The monoisotopic (exact) mass is 254 g/mol. The van der Waals surface area contributed by atoms with Crippen LogP contribution in [0.2, 0.25) is 0 Å². The van der Waals surface area contributed by atoms with Crippen LogP contribution in [0.1, 0.15) is 18.9 Å². The van der Waals surface area contributed by atoms with Crippen LogP contribution in [0.15, 0.2) is 23.1 Å². The van der Waals surface area contributed by atoms with Crippen LogP contribution in [0.4, 0.5) is 5.69 Å². The number of hydrogen-bond acceptors (Lipinski definition) is 4. The molecule has 1 aliphatic rings. The molecule has 6 nitrogen and oxygen atoms in total. The summed E-state index contributed by atoms with van der Waals surface area (Å²) in [6.45, 7) is 1.94. The van der Waals surface area contributed by atoms with Crippen LogP contribution in [-0.4, -0.2) is 19.3 Å². The molecule has 1 atom stereocenters. The van der Waals surface area contributed by atoms with Crippen LogP contribution in [0, 0.1) is 10.1 Å². The van der Waals surface area contributed by atoms with Gasteiger partial charge in [-0.05, 0) is 11.6 Å².